The molecule has 4 rings (SSSR count). The summed E-state index contributed by atoms with van der Waals surface area (Å²) in [5, 5.41) is 13.3. The van der Waals surface area contributed by atoms with E-state index in [2.05, 4.69) is 20.8 Å². The number of nitrogens with zero attached hydrogens (tertiary/aromatic N) is 1. The molecule has 0 radical (unpaired) electrons. The minimum atomic E-state index is -0.370. The van der Waals surface area contributed by atoms with E-state index in [1.54, 1.807) is 0 Å². The molecule has 1 saturated heterocycles. The fourth-order valence-corrected chi connectivity index (χ4v) is 3.60. The summed E-state index contributed by atoms with van der Waals surface area (Å²) in [6.07, 6.45) is 5.08. The first-order valence-electron chi connectivity index (χ1n) is 8.13. The van der Waals surface area contributed by atoms with Crippen LogP contribution in [0.15, 0.2) is 0 Å². The average molecular weight is 306 g/mol. The van der Waals surface area contributed by atoms with E-state index in [1.807, 2.05) is 0 Å². The van der Waals surface area contributed by atoms with Crippen molar-refractivity contribution < 1.29 is 14.3 Å². The summed E-state index contributed by atoms with van der Waals surface area (Å²) in [6, 6.07) is 0. The number of ether oxygens (including phenoxy) is 2. The van der Waals surface area contributed by atoms with Crippen LogP contribution in [0, 0.1) is 0 Å². The van der Waals surface area contributed by atoms with Gasteiger partial charge >= 0.3 is 0 Å². The number of carbonyl (C=O) groups excluding carboxylic acids is 1. The lowest BCUT2D eigenvalue weighted by Gasteiger charge is -2.21. The average Bonchev–Trinajstić information content (AvgIpc) is 3.26. The molecule has 1 unspecified atom stereocenters. The van der Waals surface area contributed by atoms with Gasteiger partial charge in [-0.2, -0.15) is 5.10 Å². The lowest BCUT2D eigenvalue weighted by Crippen LogP contribution is -2.36. The number of fused-ring (bicyclic) bond motifs is 1. The van der Waals surface area contributed by atoms with Crippen molar-refractivity contribution in [2.24, 2.45) is 0 Å². The number of rotatable bonds is 3. The van der Waals surface area contributed by atoms with Crippen molar-refractivity contribution in [3.63, 3.8) is 0 Å². The van der Waals surface area contributed by atoms with Crippen LogP contribution in [-0.4, -0.2) is 47.7 Å². The number of H-pyrrole nitrogens is 1. The van der Waals surface area contributed by atoms with Crippen molar-refractivity contribution in [3.8, 4) is 0 Å². The first-order valence-corrected chi connectivity index (χ1v) is 8.13. The second-order valence-corrected chi connectivity index (χ2v) is 6.33. The summed E-state index contributed by atoms with van der Waals surface area (Å²) in [5.41, 5.74) is 2.55. The highest BCUT2D eigenvalue weighted by atomic mass is 16.7. The molecule has 2 aliphatic heterocycles. The summed E-state index contributed by atoms with van der Waals surface area (Å²) in [4.78, 5) is 12.3. The van der Waals surface area contributed by atoms with Gasteiger partial charge < -0.3 is 20.1 Å². The van der Waals surface area contributed by atoms with Gasteiger partial charge in [0.25, 0.3) is 5.91 Å². The predicted molar refractivity (Wildman–Crippen MR) is 78.4 cm³/mol. The van der Waals surface area contributed by atoms with Crippen LogP contribution < -0.4 is 10.6 Å². The van der Waals surface area contributed by atoms with Gasteiger partial charge in [-0.1, -0.05) is 0 Å². The molecule has 0 bridgehead atoms. The fraction of sp³-hybridized carbons (Fsp3) is 0.733. The molecule has 1 aliphatic carbocycles. The second-order valence-electron chi connectivity index (χ2n) is 6.33. The van der Waals surface area contributed by atoms with Crippen LogP contribution in [0.1, 0.15) is 47.4 Å². The Labute approximate surface area is 129 Å². The van der Waals surface area contributed by atoms with E-state index < -0.39 is 0 Å². The Bertz CT molecular complexity index is 565. The molecule has 1 aromatic heterocycles. The van der Waals surface area contributed by atoms with Crippen LogP contribution in [0.25, 0.3) is 0 Å². The molecule has 3 heterocycles. The molecule has 2 fully saturated rings. The summed E-state index contributed by atoms with van der Waals surface area (Å²) < 4.78 is 11.8. The van der Waals surface area contributed by atoms with Crippen molar-refractivity contribution in [1.29, 1.82) is 0 Å². The largest absolute Gasteiger partial charge is 0.348 e. The lowest BCUT2D eigenvalue weighted by molar-refractivity contribution is -0.161. The van der Waals surface area contributed by atoms with E-state index in [9.17, 15) is 4.79 Å². The van der Waals surface area contributed by atoms with Gasteiger partial charge in [-0.3, -0.25) is 9.89 Å². The highest BCUT2D eigenvalue weighted by Crippen LogP contribution is 2.38. The molecule has 3 N–H and O–H groups in total. The number of aromatic amines is 1. The topological polar surface area (TPSA) is 88.3 Å². The fourth-order valence-electron chi connectivity index (χ4n) is 3.60. The van der Waals surface area contributed by atoms with Crippen LogP contribution in [0.4, 0.5) is 0 Å². The number of aromatic nitrogens is 2. The Morgan fingerprint density at radius 3 is 3.14 bits per heavy atom. The van der Waals surface area contributed by atoms with E-state index in [-0.39, 0.29) is 17.8 Å². The minimum absolute atomic E-state index is 0.0602. The van der Waals surface area contributed by atoms with Crippen LogP contribution in [0.5, 0.6) is 0 Å². The third kappa shape index (κ3) is 2.53. The van der Waals surface area contributed by atoms with Gasteiger partial charge in [0.15, 0.2) is 11.5 Å². The zero-order valence-electron chi connectivity index (χ0n) is 12.6. The van der Waals surface area contributed by atoms with Gasteiger partial charge in [0.1, 0.15) is 6.10 Å². The summed E-state index contributed by atoms with van der Waals surface area (Å²) in [7, 11) is 0. The van der Waals surface area contributed by atoms with E-state index >= 15 is 0 Å². The van der Waals surface area contributed by atoms with Gasteiger partial charge in [0.05, 0.1) is 6.61 Å². The quantitative estimate of drug-likeness (QED) is 0.755. The maximum atomic E-state index is 12.3. The Morgan fingerprint density at radius 2 is 2.27 bits per heavy atom. The third-order valence-corrected chi connectivity index (χ3v) is 4.79. The van der Waals surface area contributed by atoms with E-state index in [0.717, 1.165) is 49.9 Å². The second kappa shape index (κ2) is 5.64. The number of amides is 1. The van der Waals surface area contributed by atoms with Crippen molar-refractivity contribution >= 4 is 5.91 Å². The Kier molecular flexibility index (Phi) is 3.63. The molecular formula is C15H22N4O3. The lowest BCUT2D eigenvalue weighted by atomic mass is 10.1. The summed E-state index contributed by atoms with van der Waals surface area (Å²) >= 11 is 0. The third-order valence-electron chi connectivity index (χ3n) is 4.79. The molecule has 3 aliphatic rings. The minimum Gasteiger partial charge on any atom is -0.348 e. The summed E-state index contributed by atoms with van der Waals surface area (Å²) in [5.74, 6) is -0.512. The van der Waals surface area contributed by atoms with Crippen molar-refractivity contribution in [3.05, 3.63) is 17.0 Å². The highest BCUT2D eigenvalue weighted by Gasteiger charge is 2.43. The van der Waals surface area contributed by atoms with Crippen molar-refractivity contribution in [1.82, 2.24) is 20.8 Å². The Hall–Kier alpha value is -1.44. The molecule has 120 valence electrons. The number of nitrogens with one attached hydrogen (secondary N) is 3. The molecule has 1 saturated carbocycles. The van der Waals surface area contributed by atoms with Crippen molar-refractivity contribution in [2.75, 3.05) is 19.7 Å². The molecule has 1 amide bonds. The van der Waals surface area contributed by atoms with Gasteiger partial charge in [-0.05, 0) is 12.8 Å². The number of hydrogen-bond acceptors (Lipinski definition) is 5. The number of carbonyl (C=O) groups is 1. The van der Waals surface area contributed by atoms with Crippen LogP contribution in [0.2, 0.25) is 0 Å². The van der Waals surface area contributed by atoms with Crippen LogP contribution in [0.3, 0.4) is 0 Å². The molecule has 22 heavy (non-hydrogen) atoms. The SMILES string of the molecule is O=C(NCC1COC2(CCCC2)O1)c1n[nH]c2c1CNCC2. The van der Waals surface area contributed by atoms with Gasteiger partial charge in [-0.25, -0.2) is 0 Å². The molecular weight excluding hydrogens is 284 g/mol. The van der Waals surface area contributed by atoms with Crippen molar-refractivity contribution in [2.45, 2.75) is 50.5 Å². The predicted octanol–water partition coefficient (Wildman–Crippen LogP) is 0.471. The zero-order valence-corrected chi connectivity index (χ0v) is 12.6. The smallest absolute Gasteiger partial charge is 0.272 e. The standard InChI is InChI=1S/C15H22N4O3/c20-14(13-11-8-16-6-3-12(11)18-19-13)17-7-10-9-21-15(22-10)4-1-2-5-15/h10,16H,1-9H2,(H,17,20)(H,18,19). The van der Waals surface area contributed by atoms with Gasteiger partial charge in [0, 0.05) is 50.2 Å². The number of hydrogen-bond donors (Lipinski definition) is 3. The van der Waals surface area contributed by atoms with E-state index in [0.29, 0.717) is 25.4 Å². The molecule has 7 heteroatoms. The van der Waals surface area contributed by atoms with Gasteiger partial charge in [0.2, 0.25) is 0 Å². The molecule has 1 spiro atoms. The Morgan fingerprint density at radius 1 is 1.41 bits per heavy atom. The highest BCUT2D eigenvalue weighted by molar-refractivity contribution is 5.94. The summed E-state index contributed by atoms with van der Waals surface area (Å²) in [6.45, 7) is 2.64. The monoisotopic (exact) mass is 306 g/mol. The van der Waals surface area contributed by atoms with Gasteiger partial charge in [-0.15, -0.1) is 0 Å². The van der Waals surface area contributed by atoms with E-state index in [4.69, 9.17) is 9.47 Å². The molecule has 7 nitrogen and oxygen atoms in total. The van der Waals surface area contributed by atoms with Crippen LogP contribution in [-0.2, 0) is 22.4 Å². The van der Waals surface area contributed by atoms with Crippen LogP contribution >= 0.6 is 0 Å². The first kappa shape index (κ1) is 14.2. The molecule has 0 aromatic carbocycles. The molecule has 1 atom stereocenters. The molecule has 1 aromatic rings. The maximum absolute atomic E-state index is 12.3. The maximum Gasteiger partial charge on any atom is 0.272 e. The first-order chi connectivity index (χ1) is 10.8. The Balaban J connectivity index is 1.34. The van der Waals surface area contributed by atoms with E-state index in [1.165, 1.54) is 0 Å². The normalized spacial score (nSPS) is 26.3. The zero-order chi connectivity index (χ0) is 15.0.